The number of H-pyrrole nitrogens is 1. The van der Waals surface area contributed by atoms with E-state index in [0.29, 0.717) is 24.7 Å². The van der Waals surface area contributed by atoms with Gasteiger partial charge in [0.2, 0.25) is 5.95 Å². The highest BCUT2D eigenvalue weighted by Gasteiger charge is 2.09. The minimum atomic E-state index is -0.326. The van der Waals surface area contributed by atoms with Crippen LogP contribution in [0.3, 0.4) is 0 Å². The van der Waals surface area contributed by atoms with Crippen LogP contribution in [0.25, 0.3) is 11.0 Å². The Morgan fingerprint density at radius 1 is 1.26 bits per heavy atom. The van der Waals surface area contributed by atoms with Crippen LogP contribution in [0.4, 0.5) is 5.95 Å². The van der Waals surface area contributed by atoms with Crippen LogP contribution in [0.5, 0.6) is 0 Å². The second-order valence-corrected chi connectivity index (χ2v) is 5.93. The van der Waals surface area contributed by atoms with Crippen molar-refractivity contribution in [3.05, 3.63) is 58.1 Å². The third-order valence-corrected chi connectivity index (χ3v) is 3.89. The monoisotopic (exact) mass is 373 g/mol. The Kier molecular flexibility index (Phi) is 4.62. The number of nitrogens with one attached hydrogen (secondary N) is 2. The summed E-state index contributed by atoms with van der Waals surface area (Å²) in [5, 5.41) is 3.25. The Morgan fingerprint density at radius 2 is 2.04 bits per heavy atom. The fourth-order valence-corrected chi connectivity index (χ4v) is 2.49. The molecule has 0 unspecified atom stereocenters. The Labute approximate surface area is 142 Å². The van der Waals surface area contributed by atoms with Gasteiger partial charge in [0, 0.05) is 11.0 Å². The molecule has 1 heterocycles. The lowest BCUT2D eigenvalue weighted by Gasteiger charge is -2.02. The number of carbonyl (C=O) groups excluding carboxylic acids is 1. The number of halogens is 1. The number of fused-ring (bicyclic) bond motifs is 1. The van der Waals surface area contributed by atoms with Crippen LogP contribution >= 0.6 is 15.9 Å². The van der Waals surface area contributed by atoms with Gasteiger partial charge in [-0.3, -0.25) is 0 Å². The van der Waals surface area contributed by atoms with Gasteiger partial charge in [0.25, 0.3) is 0 Å². The number of hydrogen-bond donors (Lipinski definition) is 2. The quantitative estimate of drug-likeness (QED) is 0.660. The molecule has 23 heavy (non-hydrogen) atoms. The van der Waals surface area contributed by atoms with Crippen LogP contribution in [0, 0.1) is 0 Å². The van der Waals surface area contributed by atoms with Crippen LogP contribution in [-0.2, 0) is 11.3 Å². The van der Waals surface area contributed by atoms with Crippen LogP contribution < -0.4 is 5.32 Å². The molecule has 0 aliphatic rings. The summed E-state index contributed by atoms with van der Waals surface area (Å²) < 4.78 is 6.06. The molecule has 3 aromatic rings. The van der Waals surface area contributed by atoms with Crippen molar-refractivity contribution in [3.8, 4) is 0 Å². The van der Waals surface area contributed by atoms with Crippen molar-refractivity contribution in [2.75, 3.05) is 11.9 Å². The number of rotatable bonds is 5. The highest BCUT2D eigenvalue weighted by molar-refractivity contribution is 9.10. The van der Waals surface area contributed by atoms with Crippen molar-refractivity contribution < 1.29 is 9.53 Å². The zero-order valence-corrected chi connectivity index (χ0v) is 14.2. The molecule has 0 amide bonds. The molecule has 5 nitrogen and oxygen atoms in total. The van der Waals surface area contributed by atoms with E-state index in [2.05, 4.69) is 31.2 Å². The maximum absolute atomic E-state index is 11.8. The van der Waals surface area contributed by atoms with Gasteiger partial charge in [-0.05, 0) is 42.8 Å². The first-order chi connectivity index (χ1) is 11.2. The van der Waals surface area contributed by atoms with Crippen molar-refractivity contribution in [1.29, 1.82) is 0 Å². The molecule has 0 saturated heterocycles. The number of imidazole rings is 1. The van der Waals surface area contributed by atoms with E-state index in [4.69, 9.17) is 4.74 Å². The van der Waals surface area contributed by atoms with Crippen LogP contribution in [0.1, 0.15) is 22.8 Å². The van der Waals surface area contributed by atoms with Gasteiger partial charge < -0.3 is 15.0 Å². The molecule has 3 rings (SSSR count). The predicted molar refractivity (Wildman–Crippen MR) is 93.5 cm³/mol. The maximum atomic E-state index is 11.8. The van der Waals surface area contributed by atoms with Gasteiger partial charge in [-0.25, -0.2) is 9.78 Å². The summed E-state index contributed by atoms with van der Waals surface area (Å²) in [5.74, 6) is 0.345. The molecule has 0 fully saturated rings. The first kappa shape index (κ1) is 15.6. The van der Waals surface area contributed by atoms with Gasteiger partial charge in [-0.1, -0.05) is 28.1 Å². The number of aromatic amines is 1. The number of esters is 1. The molecular weight excluding hydrogens is 358 g/mol. The van der Waals surface area contributed by atoms with Crippen molar-refractivity contribution in [2.45, 2.75) is 13.5 Å². The van der Waals surface area contributed by atoms with Crippen molar-refractivity contribution in [1.82, 2.24) is 9.97 Å². The smallest absolute Gasteiger partial charge is 0.338 e. The van der Waals surface area contributed by atoms with Gasteiger partial charge in [-0.2, -0.15) is 0 Å². The number of hydrogen-bond acceptors (Lipinski definition) is 4. The van der Waals surface area contributed by atoms with E-state index in [1.807, 2.05) is 30.3 Å². The Bertz CT molecular complexity index is 827. The minimum absolute atomic E-state index is 0.326. The summed E-state index contributed by atoms with van der Waals surface area (Å²) >= 11 is 3.42. The summed E-state index contributed by atoms with van der Waals surface area (Å²) in [6.07, 6.45) is 0. The molecule has 0 saturated carbocycles. The summed E-state index contributed by atoms with van der Waals surface area (Å²) in [4.78, 5) is 19.4. The summed E-state index contributed by atoms with van der Waals surface area (Å²) in [6, 6.07) is 13.4. The number of carbonyl (C=O) groups is 1. The summed E-state index contributed by atoms with van der Waals surface area (Å²) in [7, 11) is 0. The Hall–Kier alpha value is -2.34. The molecule has 2 N–H and O–H groups in total. The van der Waals surface area contributed by atoms with Gasteiger partial charge >= 0.3 is 5.97 Å². The lowest BCUT2D eigenvalue weighted by atomic mass is 10.2. The molecule has 0 bridgehead atoms. The van der Waals surface area contributed by atoms with Crippen LogP contribution in [0.15, 0.2) is 46.9 Å². The third kappa shape index (κ3) is 3.71. The fourth-order valence-electron chi connectivity index (χ4n) is 2.22. The van der Waals surface area contributed by atoms with Crippen molar-refractivity contribution in [3.63, 3.8) is 0 Å². The maximum Gasteiger partial charge on any atom is 0.338 e. The van der Waals surface area contributed by atoms with E-state index in [0.717, 1.165) is 21.1 Å². The molecule has 6 heteroatoms. The molecule has 0 radical (unpaired) electrons. The summed E-state index contributed by atoms with van der Waals surface area (Å²) in [5.41, 5.74) is 3.27. The number of benzene rings is 2. The number of anilines is 1. The van der Waals surface area contributed by atoms with Gasteiger partial charge in [0.15, 0.2) is 0 Å². The zero-order valence-electron chi connectivity index (χ0n) is 12.6. The topological polar surface area (TPSA) is 67.0 Å². The highest BCUT2D eigenvalue weighted by atomic mass is 79.9. The molecule has 2 aromatic carbocycles. The summed E-state index contributed by atoms with van der Waals surface area (Å²) in [6.45, 7) is 2.81. The minimum Gasteiger partial charge on any atom is -0.462 e. The SMILES string of the molecule is CCOC(=O)c1ccc2nc(NCc3ccc(Br)cc3)[nH]c2c1. The lowest BCUT2D eigenvalue weighted by molar-refractivity contribution is 0.0526. The normalized spacial score (nSPS) is 10.7. The standard InChI is InChI=1S/C17H16BrN3O2/c1-2-23-16(22)12-5-8-14-15(9-12)21-17(20-14)19-10-11-3-6-13(18)7-4-11/h3-9H,2,10H2,1H3,(H2,19,20,21). The molecule has 1 aromatic heterocycles. The fraction of sp³-hybridized carbons (Fsp3) is 0.176. The largest absolute Gasteiger partial charge is 0.462 e. The second-order valence-electron chi connectivity index (χ2n) is 5.02. The zero-order chi connectivity index (χ0) is 16.2. The molecule has 0 atom stereocenters. The Balaban J connectivity index is 1.74. The average Bonchev–Trinajstić information content (AvgIpc) is 2.96. The van der Waals surface area contributed by atoms with Crippen LogP contribution in [0.2, 0.25) is 0 Å². The van der Waals surface area contributed by atoms with E-state index < -0.39 is 0 Å². The number of nitrogens with zero attached hydrogens (tertiary/aromatic N) is 1. The van der Waals surface area contributed by atoms with E-state index in [1.54, 1.807) is 19.1 Å². The highest BCUT2D eigenvalue weighted by Crippen LogP contribution is 2.18. The third-order valence-electron chi connectivity index (χ3n) is 3.37. The average molecular weight is 374 g/mol. The second kappa shape index (κ2) is 6.83. The molecule has 0 aliphatic heterocycles. The van der Waals surface area contributed by atoms with Gasteiger partial charge in [-0.15, -0.1) is 0 Å². The molecule has 0 aliphatic carbocycles. The number of aromatic nitrogens is 2. The molecule has 118 valence electrons. The van der Waals surface area contributed by atoms with E-state index >= 15 is 0 Å². The van der Waals surface area contributed by atoms with E-state index in [1.165, 1.54) is 0 Å². The van der Waals surface area contributed by atoms with E-state index in [-0.39, 0.29) is 5.97 Å². The molecule has 0 spiro atoms. The van der Waals surface area contributed by atoms with E-state index in [9.17, 15) is 4.79 Å². The lowest BCUT2D eigenvalue weighted by Crippen LogP contribution is -2.04. The van der Waals surface area contributed by atoms with Crippen molar-refractivity contribution >= 4 is 38.9 Å². The predicted octanol–water partition coefficient (Wildman–Crippen LogP) is 4.11. The van der Waals surface area contributed by atoms with Gasteiger partial charge in [0.05, 0.1) is 23.2 Å². The van der Waals surface area contributed by atoms with Crippen LogP contribution in [-0.4, -0.2) is 22.5 Å². The Morgan fingerprint density at radius 3 is 2.78 bits per heavy atom. The van der Waals surface area contributed by atoms with Crippen molar-refractivity contribution in [2.24, 2.45) is 0 Å². The number of ether oxygens (including phenoxy) is 1. The first-order valence-corrected chi connectivity index (χ1v) is 8.10. The molecular formula is C17H16BrN3O2. The first-order valence-electron chi connectivity index (χ1n) is 7.31. The van der Waals surface area contributed by atoms with Gasteiger partial charge in [0.1, 0.15) is 0 Å².